The lowest BCUT2D eigenvalue weighted by Crippen LogP contribution is -2.33. The molecule has 1 N–H and O–H groups in total. The molecule has 1 heterocycles. The van der Waals surface area contributed by atoms with E-state index in [0.29, 0.717) is 16.7 Å². The van der Waals surface area contributed by atoms with E-state index in [-0.39, 0.29) is 11.3 Å². The summed E-state index contributed by atoms with van der Waals surface area (Å²) < 4.78 is 0. The molecule has 0 atom stereocenters. The lowest BCUT2D eigenvalue weighted by atomic mass is 10.0. The first kappa shape index (κ1) is 14.0. The van der Waals surface area contributed by atoms with Crippen LogP contribution >= 0.6 is 0 Å². The molecule has 1 aliphatic heterocycles. The molecule has 1 aliphatic rings. The number of aryl methyl sites for hydroxylation is 2. The smallest absolute Gasteiger partial charge is 0.337 e. The number of anilines is 1. The molecule has 0 unspecified atom stereocenters. The number of imide groups is 1. The molecular weight excluding hydrogens is 258 g/mol. The van der Waals surface area contributed by atoms with Gasteiger partial charge in [-0.1, -0.05) is 6.07 Å². The molecule has 1 aromatic carbocycles. The largest absolute Gasteiger partial charge is 0.478 e. The average molecular weight is 273 g/mol. The van der Waals surface area contributed by atoms with Crippen molar-refractivity contribution in [3.63, 3.8) is 0 Å². The Morgan fingerprint density at radius 1 is 1.00 bits per heavy atom. The highest BCUT2D eigenvalue weighted by atomic mass is 16.4. The van der Waals surface area contributed by atoms with Gasteiger partial charge in [-0.25, -0.2) is 9.69 Å². The highest BCUT2D eigenvalue weighted by Gasteiger charge is 2.37. The van der Waals surface area contributed by atoms with Crippen molar-refractivity contribution in [1.29, 1.82) is 0 Å². The standard InChI is InChI=1S/C15H15NO4/c1-7-5-8(2)12(11(6-7)15(19)20)16-13(17)9(3)10(4)14(16)18/h5-6H,1-4H3,(H,19,20). The van der Waals surface area contributed by atoms with Crippen LogP contribution in [0.25, 0.3) is 0 Å². The van der Waals surface area contributed by atoms with Gasteiger partial charge in [0.1, 0.15) is 0 Å². The van der Waals surface area contributed by atoms with Crippen molar-refractivity contribution >= 4 is 23.5 Å². The van der Waals surface area contributed by atoms with Crippen LogP contribution in [0.1, 0.15) is 35.3 Å². The zero-order valence-corrected chi connectivity index (χ0v) is 11.8. The number of hydrogen-bond donors (Lipinski definition) is 1. The van der Waals surface area contributed by atoms with Crippen LogP contribution in [-0.4, -0.2) is 22.9 Å². The number of carboxylic acids is 1. The van der Waals surface area contributed by atoms with E-state index in [9.17, 15) is 19.5 Å². The summed E-state index contributed by atoms with van der Waals surface area (Å²) in [5, 5.41) is 9.32. The maximum absolute atomic E-state index is 12.2. The van der Waals surface area contributed by atoms with E-state index in [1.54, 1.807) is 33.8 Å². The number of aromatic carboxylic acids is 1. The third kappa shape index (κ3) is 1.91. The molecule has 0 saturated carbocycles. The number of carbonyl (C=O) groups is 3. The van der Waals surface area contributed by atoms with Gasteiger partial charge in [-0.15, -0.1) is 0 Å². The Balaban J connectivity index is 2.69. The fraction of sp³-hybridized carbons (Fsp3) is 0.267. The lowest BCUT2D eigenvalue weighted by Gasteiger charge is -2.20. The van der Waals surface area contributed by atoms with Gasteiger partial charge in [-0.2, -0.15) is 0 Å². The van der Waals surface area contributed by atoms with Crippen LogP contribution in [0.4, 0.5) is 5.69 Å². The fourth-order valence-electron chi connectivity index (χ4n) is 2.37. The van der Waals surface area contributed by atoms with Crippen LogP contribution in [-0.2, 0) is 9.59 Å². The monoisotopic (exact) mass is 273 g/mol. The van der Waals surface area contributed by atoms with Crippen molar-refractivity contribution in [2.75, 3.05) is 4.90 Å². The van der Waals surface area contributed by atoms with E-state index in [2.05, 4.69) is 0 Å². The number of hydrogen-bond acceptors (Lipinski definition) is 3. The van der Waals surface area contributed by atoms with E-state index in [4.69, 9.17) is 0 Å². The van der Waals surface area contributed by atoms with Crippen LogP contribution in [0, 0.1) is 13.8 Å². The first-order valence-electron chi connectivity index (χ1n) is 6.16. The molecule has 0 aromatic heterocycles. The molecule has 0 radical (unpaired) electrons. The topological polar surface area (TPSA) is 74.7 Å². The van der Waals surface area contributed by atoms with Crippen LogP contribution in [0.15, 0.2) is 23.3 Å². The summed E-state index contributed by atoms with van der Waals surface area (Å²) >= 11 is 0. The molecule has 0 bridgehead atoms. The number of amides is 2. The summed E-state index contributed by atoms with van der Waals surface area (Å²) in [6.45, 7) is 6.60. The maximum atomic E-state index is 12.2. The fourth-order valence-corrected chi connectivity index (χ4v) is 2.37. The number of rotatable bonds is 2. The zero-order valence-electron chi connectivity index (χ0n) is 11.8. The molecule has 0 spiro atoms. The minimum atomic E-state index is -1.16. The lowest BCUT2D eigenvalue weighted by molar-refractivity contribution is -0.120. The van der Waals surface area contributed by atoms with E-state index in [1.807, 2.05) is 0 Å². The molecule has 1 aromatic rings. The van der Waals surface area contributed by atoms with Crippen molar-refractivity contribution in [2.45, 2.75) is 27.7 Å². The second kappa shape index (κ2) is 4.59. The van der Waals surface area contributed by atoms with Crippen LogP contribution < -0.4 is 4.90 Å². The van der Waals surface area contributed by atoms with Crippen LogP contribution in [0.5, 0.6) is 0 Å². The molecule has 5 nitrogen and oxygen atoms in total. The van der Waals surface area contributed by atoms with Crippen LogP contribution in [0.2, 0.25) is 0 Å². The Bertz CT molecular complexity index is 661. The maximum Gasteiger partial charge on any atom is 0.337 e. The molecule has 2 rings (SSSR count). The second-order valence-corrected chi connectivity index (χ2v) is 4.98. The minimum Gasteiger partial charge on any atom is -0.478 e. The van der Waals surface area contributed by atoms with E-state index < -0.39 is 17.8 Å². The summed E-state index contributed by atoms with van der Waals surface area (Å²) in [6, 6.07) is 3.22. The van der Waals surface area contributed by atoms with Crippen molar-refractivity contribution in [1.82, 2.24) is 0 Å². The molecule has 2 amide bonds. The van der Waals surface area contributed by atoms with Gasteiger partial charge in [0.15, 0.2) is 0 Å². The highest BCUT2D eigenvalue weighted by Crippen LogP contribution is 2.33. The molecule has 0 saturated heterocycles. The molecule has 104 valence electrons. The Labute approximate surface area is 116 Å². The van der Waals surface area contributed by atoms with Crippen molar-refractivity contribution in [2.24, 2.45) is 0 Å². The third-order valence-corrected chi connectivity index (χ3v) is 3.51. The van der Waals surface area contributed by atoms with Gasteiger partial charge in [-0.3, -0.25) is 9.59 Å². The Morgan fingerprint density at radius 3 is 1.95 bits per heavy atom. The molecular formula is C15H15NO4. The SMILES string of the molecule is CC1=C(C)C(=O)N(c2c(C)cc(C)cc2C(=O)O)C1=O. The average Bonchev–Trinajstić information content (AvgIpc) is 2.54. The van der Waals surface area contributed by atoms with Crippen molar-refractivity contribution in [3.05, 3.63) is 40.0 Å². The minimum absolute atomic E-state index is 0.0355. The summed E-state index contributed by atoms with van der Waals surface area (Å²) in [5.41, 5.74) is 2.19. The molecule has 0 fully saturated rings. The summed E-state index contributed by atoms with van der Waals surface area (Å²) in [4.78, 5) is 36.7. The predicted molar refractivity (Wildman–Crippen MR) is 73.7 cm³/mol. The van der Waals surface area contributed by atoms with Gasteiger partial charge in [0.2, 0.25) is 0 Å². The highest BCUT2D eigenvalue weighted by molar-refractivity contribution is 6.33. The van der Waals surface area contributed by atoms with Gasteiger partial charge < -0.3 is 5.11 Å². The van der Waals surface area contributed by atoms with Crippen molar-refractivity contribution in [3.8, 4) is 0 Å². The normalized spacial score (nSPS) is 15.3. The predicted octanol–water partition coefficient (Wildman–Crippen LogP) is 2.21. The summed E-state index contributed by atoms with van der Waals surface area (Å²) in [5.74, 6) is -2.07. The van der Waals surface area contributed by atoms with E-state index in [1.165, 1.54) is 6.07 Å². The third-order valence-electron chi connectivity index (χ3n) is 3.51. The molecule has 0 aliphatic carbocycles. The van der Waals surface area contributed by atoms with Gasteiger partial charge in [0, 0.05) is 11.1 Å². The zero-order chi connectivity index (χ0) is 15.2. The first-order valence-corrected chi connectivity index (χ1v) is 6.16. The molecule has 5 heteroatoms. The Morgan fingerprint density at radius 2 is 1.50 bits per heavy atom. The van der Waals surface area contributed by atoms with E-state index >= 15 is 0 Å². The van der Waals surface area contributed by atoms with Gasteiger partial charge in [-0.05, 0) is 44.9 Å². The van der Waals surface area contributed by atoms with Gasteiger partial charge in [0.25, 0.3) is 11.8 Å². The number of carbonyl (C=O) groups excluding carboxylic acids is 2. The van der Waals surface area contributed by atoms with Gasteiger partial charge >= 0.3 is 5.97 Å². The number of nitrogens with zero attached hydrogens (tertiary/aromatic N) is 1. The Kier molecular flexibility index (Phi) is 3.21. The summed E-state index contributed by atoms with van der Waals surface area (Å²) in [7, 11) is 0. The van der Waals surface area contributed by atoms with E-state index in [0.717, 1.165) is 10.5 Å². The summed E-state index contributed by atoms with van der Waals surface area (Å²) in [6.07, 6.45) is 0. The quantitative estimate of drug-likeness (QED) is 0.838. The number of benzene rings is 1. The Hall–Kier alpha value is -2.43. The van der Waals surface area contributed by atoms with Gasteiger partial charge in [0.05, 0.1) is 11.3 Å². The number of carboxylic acid groups (broad SMARTS) is 1. The first-order chi connectivity index (χ1) is 9.25. The second-order valence-electron chi connectivity index (χ2n) is 4.98. The van der Waals surface area contributed by atoms with Crippen molar-refractivity contribution < 1.29 is 19.5 Å². The molecule has 20 heavy (non-hydrogen) atoms. The van der Waals surface area contributed by atoms with Crippen LogP contribution in [0.3, 0.4) is 0 Å².